The summed E-state index contributed by atoms with van der Waals surface area (Å²) in [4.78, 5) is 27.9. The number of amides is 1. The van der Waals surface area contributed by atoms with Gasteiger partial charge in [0.15, 0.2) is 0 Å². The molecule has 1 atom stereocenters. The van der Waals surface area contributed by atoms with Crippen LogP contribution in [-0.4, -0.2) is 70.4 Å². The molecule has 7 heteroatoms. The highest BCUT2D eigenvalue weighted by molar-refractivity contribution is 5.88. The second kappa shape index (κ2) is 7.44. The molecule has 3 heterocycles. The van der Waals surface area contributed by atoms with Crippen molar-refractivity contribution >= 4 is 22.8 Å². The number of rotatable bonds is 5. The Morgan fingerprint density at radius 1 is 1.50 bits per heavy atom. The second-order valence-corrected chi connectivity index (χ2v) is 6.39. The summed E-state index contributed by atoms with van der Waals surface area (Å²) in [6, 6.07) is 2.17. The first-order valence-electron chi connectivity index (χ1n) is 8.28. The number of aromatic nitrogens is 3. The lowest BCUT2D eigenvalue weighted by molar-refractivity contribution is -0.127. The summed E-state index contributed by atoms with van der Waals surface area (Å²) in [5.41, 5.74) is 0.822. The third kappa shape index (κ3) is 3.91. The molecule has 1 unspecified atom stereocenters. The number of nitrogens with zero attached hydrogens (tertiary/aromatic N) is 4. The van der Waals surface area contributed by atoms with Crippen LogP contribution in [0.4, 0.5) is 5.82 Å². The molecule has 3 rings (SSSR count). The summed E-state index contributed by atoms with van der Waals surface area (Å²) >= 11 is 0. The molecule has 0 radical (unpaired) electrons. The van der Waals surface area contributed by atoms with Gasteiger partial charge in [-0.3, -0.25) is 4.79 Å². The summed E-state index contributed by atoms with van der Waals surface area (Å²) in [6.07, 6.45) is 9.02. The van der Waals surface area contributed by atoms with E-state index in [1.807, 2.05) is 42.2 Å². The van der Waals surface area contributed by atoms with Crippen LogP contribution in [0.2, 0.25) is 0 Å². The highest BCUT2D eigenvalue weighted by atomic mass is 16.2. The van der Waals surface area contributed by atoms with E-state index in [2.05, 4.69) is 20.3 Å². The van der Waals surface area contributed by atoms with Gasteiger partial charge in [0.25, 0.3) is 0 Å². The molecule has 0 aromatic carbocycles. The van der Waals surface area contributed by atoms with Crippen LogP contribution in [0.5, 0.6) is 0 Å². The zero-order valence-corrected chi connectivity index (χ0v) is 14.2. The number of hydrogen-bond donors (Lipinski definition) is 2. The van der Waals surface area contributed by atoms with Gasteiger partial charge in [-0.15, -0.1) is 0 Å². The Labute approximate surface area is 141 Å². The van der Waals surface area contributed by atoms with Crippen molar-refractivity contribution in [1.82, 2.24) is 24.8 Å². The number of likely N-dealkylation sites (tertiary alicyclic amines) is 1. The highest BCUT2D eigenvalue weighted by Crippen LogP contribution is 2.21. The Bertz CT molecular complexity index is 723. The smallest absolute Gasteiger partial charge is 0.246 e. The maximum absolute atomic E-state index is 12.3. The van der Waals surface area contributed by atoms with E-state index in [1.165, 1.54) is 0 Å². The number of hydrogen-bond acceptors (Lipinski definition) is 5. The molecule has 2 aromatic heterocycles. The average Bonchev–Trinajstić information content (AvgIpc) is 3.04. The number of likely N-dealkylation sites (N-methyl/N-ethyl adjacent to an activating group) is 1. The Balaban J connectivity index is 1.62. The van der Waals surface area contributed by atoms with E-state index >= 15 is 0 Å². The molecule has 7 nitrogen and oxygen atoms in total. The first-order chi connectivity index (χ1) is 11.6. The molecule has 1 fully saturated rings. The van der Waals surface area contributed by atoms with Crippen molar-refractivity contribution in [3.63, 3.8) is 0 Å². The van der Waals surface area contributed by atoms with Crippen molar-refractivity contribution in [2.24, 2.45) is 0 Å². The van der Waals surface area contributed by atoms with Crippen molar-refractivity contribution in [2.75, 3.05) is 39.0 Å². The van der Waals surface area contributed by atoms with E-state index < -0.39 is 0 Å². The Hall–Kier alpha value is -2.41. The molecule has 1 amide bonds. The molecule has 0 aliphatic carbocycles. The van der Waals surface area contributed by atoms with Crippen LogP contribution in [0, 0.1) is 0 Å². The summed E-state index contributed by atoms with van der Waals surface area (Å²) < 4.78 is 0. The lowest BCUT2D eigenvalue weighted by Crippen LogP contribution is -2.44. The van der Waals surface area contributed by atoms with Crippen LogP contribution in [0.15, 0.2) is 30.7 Å². The third-order valence-corrected chi connectivity index (χ3v) is 4.16. The van der Waals surface area contributed by atoms with Gasteiger partial charge < -0.3 is 20.1 Å². The van der Waals surface area contributed by atoms with Crippen molar-refractivity contribution < 1.29 is 4.79 Å². The largest absolute Gasteiger partial charge is 0.365 e. The third-order valence-electron chi connectivity index (χ3n) is 4.16. The van der Waals surface area contributed by atoms with Crippen LogP contribution >= 0.6 is 0 Å². The number of piperidine rings is 1. The summed E-state index contributed by atoms with van der Waals surface area (Å²) in [5.74, 6) is 0.904. The monoisotopic (exact) mass is 328 g/mol. The summed E-state index contributed by atoms with van der Waals surface area (Å²) in [6.45, 7) is 2.28. The number of fused-ring (bicyclic) bond motifs is 1. The van der Waals surface area contributed by atoms with Gasteiger partial charge in [0.2, 0.25) is 5.91 Å². The number of aromatic amines is 1. The predicted octanol–water partition coefficient (Wildman–Crippen LogP) is 1.48. The maximum atomic E-state index is 12.3. The zero-order valence-electron chi connectivity index (χ0n) is 14.2. The number of nitrogens with one attached hydrogen (secondary N) is 2. The van der Waals surface area contributed by atoms with Crippen LogP contribution in [0.3, 0.4) is 0 Å². The molecular formula is C17H24N6O. The van der Waals surface area contributed by atoms with Crippen molar-refractivity contribution in [1.29, 1.82) is 0 Å². The fourth-order valence-corrected chi connectivity index (χ4v) is 2.95. The van der Waals surface area contributed by atoms with Crippen molar-refractivity contribution in [3.05, 3.63) is 30.7 Å². The minimum Gasteiger partial charge on any atom is -0.365 e. The molecule has 0 spiro atoms. The van der Waals surface area contributed by atoms with Crippen LogP contribution in [0.1, 0.15) is 12.8 Å². The van der Waals surface area contributed by atoms with Gasteiger partial charge in [-0.05, 0) is 33.0 Å². The highest BCUT2D eigenvalue weighted by Gasteiger charge is 2.23. The van der Waals surface area contributed by atoms with E-state index in [1.54, 1.807) is 12.4 Å². The molecule has 0 saturated carbocycles. The maximum Gasteiger partial charge on any atom is 0.246 e. The Kier molecular flexibility index (Phi) is 5.10. The van der Waals surface area contributed by atoms with E-state index in [0.717, 1.165) is 42.8 Å². The molecule has 24 heavy (non-hydrogen) atoms. The van der Waals surface area contributed by atoms with Gasteiger partial charge >= 0.3 is 0 Å². The predicted molar refractivity (Wildman–Crippen MR) is 94.8 cm³/mol. The van der Waals surface area contributed by atoms with Crippen LogP contribution in [0.25, 0.3) is 11.0 Å². The molecular weight excluding hydrogens is 304 g/mol. The summed E-state index contributed by atoms with van der Waals surface area (Å²) in [5, 5.41) is 4.45. The average molecular weight is 328 g/mol. The molecule has 1 saturated heterocycles. The van der Waals surface area contributed by atoms with Gasteiger partial charge in [0.1, 0.15) is 17.8 Å². The first kappa shape index (κ1) is 16.4. The van der Waals surface area contributed by atoms with Gasteiger partial charge in [-0.1, -0.05) is 6.08 Å². The molecule has 2 N–H and O–H groups in total. The lowest BCUT2D eigenvalue weighted by atomic mass is 10.1. The zero-order chi connectivity index (χ0) is 16.9. The minimum atomic E-state index is 0.0813. The van der Waals surface area contributed by atoms with Crippen molar-refractivity contribution in [3.8, 4) is 0 Å². The van der Waals surface area contributed by atoms with Gasteiger partial charge in [-0.2, -0.15) is 0 Å². The van der Waals surface area contributed by atoms with E-state index in [4.69, 9.17) is 0 Å². The van der Waals surface area contributed by atoms with E-state index in [9.17, 15) is 4.79 Å². The van der Waals surface area contributed by atoms with E-state index in [-0.39, 0.29) is 11.9 Å². The fraction of sp³-hybridized carbons (Fsp3) is 0.471. The van der Waals surface area contributed by atoms with Crippen molar-refractivity contribution in [2.45, 2.75) is 18.9 Å². The first-order valence-corrected chi connectivity index (χ1v) is 8.28. The lowest BCUT2D eigenvalue weighted by Gasteiger charge is -2.33. The molecule has 0 bridgehead atoms. The standard InChI is InChI=1S/C17H24N6O/c1-22(2)9-4-6-15(24)23-10-3-5-13(11-23)21-17-14-7-8-18-16(14)19-12-20-17/h4,6-8,12-13H,3,5,9-11H2,1-2H3,(H2,18,19,20,21)/b6-4+. The Morgan fingerprint density at radius 3 is 3.21 bits per heavy atom. The van der Waals surface area contributed by atoms with Gasteiger partial charge in [0, 0.05) is 37.9 Å². The Morgan fingerprint density at radius 2 is 2.38 bits per heavy atom. The second-order valence-electron chi connectivity index (χ2n) is 6.39. The molecule has 1 aliphatic rings. The van der Waals surface area contributed by atoms with Gasteiger partial charge in [0.05, 0.1) is 5.39 Å². The quantitative estimate of drug-likeness (QED) is 0.813. The minimum absolute atomic E-state index is 0.0813. The molecule has 2 aromatic rings. The number of anilines is 1. The van der Waals surface area contributed by atoms with E-state index in [0.29, 0.717) is 6.54 Å². The fourth-order valence-electron chi connectivity index (χ4n) is 2.95. The molecule has 1 aliphatic heterocycles. The normalized spacial score (nSPS) is 18.6. The number of carbonyl (C=O) groups excluding carboxylic acids is 1. The van der Waals surface area contributed by atoms with Crippen LogP contribution < -0.4 is 5.32 Å². The van der Waals surface area contributed by atoms with Crippen LogP contribution in [-0.2, 0) is 4.79 Å². The topological polar surface area (TPSA) is 77.2 Å². The summed E-state index contributed by atoms with van der Waals surface area (Å²) in [7, 11) is 3.97. The van der Waals surface area contributed by atoms with Gasteiger partial charge in [-0.25, -0.2) is 9.97 Å². The SMILES string of the molecule is CN(C)C/C=C/C(=O)N1CCCC(Nc2ncnc3[nH]ccc23)C1. The number of H-pyrrole nitrogens is 1. The molecule has 128 valence electrons. The number of carbonyl (C=O) groups is 1.